The highest BCUT2D eigenvalue weighted by Gasteiger charge is 2.52. The summed E-state index contributed by atoms with van der Waals surface area (Å²) < 4.78 is 15.4. The number of ether oxygens (including phenoxy) is 3. The molecule has 1 aliphatic heterocycles. The van der Waals surface area contributed by atoms with Gasteiger partial charge in [-0.3, -0.25) is 9.59 Å². The minimum absolute atomic E-state index is 0.0925. The van der Waals surface area contributed by atoms with Gasteiger partial charge in [0.05, 0.1) is 26.4 Å². The molecular formula is C12H20O5. The second kappa shape index (κ2) is 6.12. The fourth-order valence-electron chi connectivity index (χ4n) is 2.14. The first-order chi connectivity index (χ1) is 8.09. The summed E-state index contributed by atoms with van der Waals surface area (Å²) in [7, 11) is 1.55. The second-order valence-electron chi connectivity index (χ2n) is 4.27. The third kappa shape index (κ3) is 2.66. The SMILES string of the molecule is CCOC(=O)C1(C(C)COC)COCCC1=O. The molecule has 0 spiro atoms. The summed E-state index contributed by atoms with van der Waals surface area (Å²) in [5.41, 5.74) is -1.19. The zero-order valence-electron chi connectivity index (χ0n) is 10.7. The summed E-state index contributed by atoms with van der Waals surface area (Å²) in [6, 6.07) is 0. The maximum Gasteiger partial charge on any atom is 0.322 e. The van der Waals surface area contributed by atoms with Crippen LogP contribution in [0.25, 0.3) is 0 Å². The smallest absolute Gasteiger partial charge is 0.322 e. The van der Waals surface area contributed by atoms with E-state index in [1.807, 2.05) is 6.92 Å². The third-order valence-electron chi connectivity index (χ3n) is 3.20. The van der Waals surface area contributed by atoms with Crippen molar-refractivity contribution in [1.82, 2.24) is 0 Å². The van der Waals surface area contributed by atoms with Crippen molar-refractivity contribution in [3.63, 3.8) is 0 Å². The Morgan fingerprint density at radius 1 is 1.59 bits per heavy atom. The lowest BCUT2D eigenvalue weighted by molar-refractivity contribution is -0.176. The van der Waals surface area contributed by atoms with Gasteiger partial charge in [-0.15, -0.1) is 0 Å². The minimum Gasteiger partial charge on any atom is -0.465 e. The first-order valence-electron chi connectivity index (χ1n) is 5.86. The average Bonchev–Trinajstić information content (AvgIpc) is 2.30. The molecule has 17 heavy (non-hydrogen) atoms. The molecule has 1 heterocycles. The number of hydrogen-bond donors (Lipinski definition) is 0. The van der Waals surface area contributed by atoms with Crippen molar-refractivity contribution in [3.8, 4) is 0 Å². The molecule has 98 valence electrons. The quantitative estimate of drug-likeness (QED) is 0.529. The summed E-state index contributed by atoms with van der Waals surface area (Å²) in [5, 5.41) is 0. The summed E-state index contributed by atoms with van der Waals surface area (Å²) in [5.74, 6) is -0.847. The molecule has 1 rings (SSSR count). The molecule has 1 aliphatic rings. The van der Waals surface area contributed by atoms with Crippen LogP contribution in [0.1, 0.15) is 20.3 Å². The maximum absolute atomic E-state index is 12.1. The van der Waals surface area contributed by atoms with E-state index in [0.29, 0.717) is 13.2 Å². The zero-order valence-corrected chi connectivity index (χ0v) is 10.7. The van der Waals surface area contributed by atoms with E-state index in [-0.39, 0.29) is 31.3 Å². The molecule has 5 heteroatoms. The van der Waals surface area contributed by atoms with E-state index in [1.165, 1.54) is 0 Å². The number of rotatable bonds is 5. The van der Waals surface area contributed by atoms with Gasteiger partial charge in [0.2, 0.25) is 0 Å². The van der Waals surface area contributed by atoms with Crippen LogP contribution in [-0.4, -0.2) is 45.3 Å². The highest BCUT2D eigenvalue weighted by Crippen LogP contribution is 2.35. The average molecular weight is 244 g/mol. The lowest BCUT2D eigenvalue weighted by Gasteiger charge is -2.37. The Morgan fingerprint density at radius 2 is 2.29 bits per heavy atom. The topological polar surface area (TPSA) is 61.8 Å². The van der Waals surface area contributed by atoms with Crippen molar-refractivity contribution < 1.29 is 23.8 Å². The van der Waals surface area contributed by atoms with Gasteiger partial charge in [-0.05, 0) is 6.92 Å². The molecule has 0 N–H and O–H groups in total. The minimum atomic E-state index is -1.19. The summed E-state index contributed by atoms with van der Waals surface area (Å²) in [6.45, 7) is 4.59. The third-order valence-corrected chi connectivity index (χ3v) is 3.20. The highest BCUT2D eigenvalue weighted by atomic mass is 16.5. The molecule has 2 atom stereocenters. The Morgan fingerprint density at radius 3 is 2.82 bits per heavy atom. The number of carbonyl (C=O) groups excluding carboxylic acids is 2. The number of methoxy groups -OCH3 is 1. The molecule has 0 bridgehead atoms. The van der Waals surface area contributed by atoms with Gasteiger partial charge in [0.15, 0.2) is 11.2 Å². The molecule has 0 aromatic rings. The Balaban J connectivity index is 2.97. The molecule has 1 fully saturated rings. The van der Waals surface area contributed by atoms with Crippen molar-refractivity contribution in [2.45, 2.75) is 20.3 Å². The first-order valence-corrected chi connectivity index (χ1v) is 5.86. The van der Waals surface area contributed by atoms with Gasteiger partial charge in [0.25, 0.3) is 0 Å². The van der Waals surface area contributed by atoms with Gasteiger partial charge in [-0.2, -0.15) is 0 Å². The van der Waals surface area contributed by atoms with E-state index < -0.39 is 11.4 Å². The molecule has 0 aromatic carbocycles. The molecular weight excluding hydrogens is 224 g/mol. The zero-order chi connectivity index (χ0) is 12.9. The van der Waals surface area contributed by atoms with Gasteiger partial charge < -0.3 is 14.2 Å². The largest absolute Gasteiger partial charge is 0.465 e. The molecule has 0 aromatic heterocycles. The van der Waals surface area contributed by atoms with Gasteiger partial charge in [0.1, 0.15) is 0 Å². The van der Waals surface area contributed by atoms with Gasteiger partial charge in [-0.1, -0.05) is 6.92 Å². The normalized spacial score (nSPS) is 26.6. The molecule has 5 nitrogen and oxygen atoms in total. The van der Waals surface area contributed by atoms with Crippen LogP contribution in [0.4, 0.5) is 0 Å². The number of Topliss-reactive ketones (excluding diaryl/α,β-unsaturated/α-hetero) is 1. The number of carbonyl (C=O) groups is 2. The fraction of sp³-hybridized carbons (Fsp3) is 0.833. The molecule has 0 saturated carbocycles. The predicted molar refractivity (Wildman–Crippen MR) is 60.5 cm³/mol. The van der Waals surface area contributed by atoms with Gasteiger partial charge in [-0.25, -0.2) is 0 Å². The molecule has 0 radical (unpaired) electrons. The van der Waals surface area contributed by atoms with E-state index >= 15 is 0 Å². The second-order valence-corrected chi connectivity index (χ2v) is 4.27. The number of hydrogen-bond acceptors (Lipinski definition) is 5. The van der Waals surface area contributed by atoms with Crippen LogP contribution in [0.15, 0.2) is 0 Å². The van der Waals surface area contributed by atoms with E-state index in [1.54, 1.807) is 14.0 Å². The van der Waals surface area contributed by atoms with Crippen LogP contribution in [0.2, 0.25) is 0 Å². The van der Waals surface area contributed by atoms with Crippen LogP contribution in [0.3, 0.4) is 0 Å². The first kappa shape index (κ1) is 14.1. The van der Waals surface area contributed by atoms with Crippen molar-refractivity contribution in [1.29, 1.82) is 0 Å². The van der Waals surface area contributed by atoms with Crippen molar-refractivity contribution in [2.75, 3.05) is 33.5 Å². The lowest BCUT2D eigenvalue weighted by atomic mass is 9.71. The van der Waals surface area contributed by atoms with E-state index in [2.05, 4.69) is 0 Å². The fourth-order valence-corrected chi connectivity index (χ4v) is 2.14. The predicted octanol–water partition coefficient (Wildman–Crippen LogP) is 0.808. The summed E-state index contributed by atoms with van der Waals surface area (Å²) in [4.78, 5) is 24.2. The molecule has 2 unspecified atom stereocenters. The van der Waals surface area contributed by atoms with Crippen LogP contribution >= 0.6 is 0 Å². The van der Waals surface area contributed by atoms with E-state index in [0.717, 1.165) is 0 Å². The van der Waals surface area contributed by atoms with Crippen LogP contribution in [0.5, 0.6) is 0 Å². The van der Waals surface area contributed by atoms with Crippen LogP contribution < -0.4 is 0 Å². The monoisotopic (exact) mass is 244 g/mol. The van der Waals surface area contributed by atoms with Crippen LogP contribution in [-0.2, 0) is 23.8 Å². The van der Waals surface area contributed by atoms with E-state index in [9.17, 15) is 9.59 Å². The summed E-state index contributed by atoms with van der Waals surface area (Å²) in [6.07, 6.45) is 0.257. The van der Waals surface area contributed by atoms with Crippen molar-refractivity contribution >= 4 is 11.8 Å². The van der Waals surface area contributed by atoms with Crippen molar-refractivity contribution in [2.24, 2.45) is 11.3 Å². The Bertz CT molecular complexity index is 289. The summed E-state index contributed by atoms with van der Waals surface area (Å²) >= 11 is 0. The maximum atomic E-state index is 12.1. The van der Waals surface area contributed by atoms with E-state index in [4.69, 9.17) is 14.2 Å². The van der Waals surface area contributed by atoms with Gasteiger partial charge in [0, 0.05) is 19.4 Å². The molecule has 0 aliphatic carbocycles. The Hall–Kier alpha value is -0.940. The number of esters is 1. The lowest BCUT2D eigenvalue weighted by Crippen LogP contribution is -2.53. The number of ketones is 1. The standard InChI is InChI=1S/C12H20O5/c1-4-17-11(14)12(9(2)7-15-3)8-16-6-5-10(12)13/h9H,4-8H2,1-3H3. The van der Waals surface area contributed by atoms with Gasteiger partial charge >= 0.3 is 5.97 Å². The highest BCUT2D eigenvalue weighted by molar-refractivity contribution is 6.04. The molecule has 1 saturated heterocycles. The Kier molecular flexibility index (Phi) is 5.08. The van der Waals surface area contributed by atoms with Crippen LogP contribution in [0, 0.1) is 11.3 Å². The molecule has 0 amide bonds. The van der Waals surface area contributed by atoms with Crippen molar-refractivity contribution in [3.05, 3.63) is 0 Å². The Labute approximate surface area is 101 Å².